The van der Waals surface area contributed by atoms with Crippen molar-refractivity contribution in [1.82, 2.24) is 0 Å². The number of carbonyl (C=O) groups is 2. The molecule has 0 saturated carbocycles. The summed E-state index contributed by atoms with van der Waals surface area (Å²) in [5.74, 6) is -2.11. The van der Waals surface area contributed by atoms with Gasteiger partial charge in [-0.1, -0.05) is 13.8 Å². The van der Waals surface area contributed by atoms with Crippen LogP contribution in [0.1, 0.15) is 32.3 Å². The highest BCUT2D eigenvalue weighted by atomic mass is 16.6. The number of hydrogen-bond acceptors (Lipinski definition) is 5. The SMILES string of the molecule is CC(C)CC(CC(=O)O)C(=O)OCc1ccc([N+](=O)[O-])cc1. The summed E-state index contributed by atoms with van der Waals surface area (Å²) in [4.78, 5) is 32.8. The molecule has 7 nitrogen and oxygen atoms in total. The van der Waals surface area contributed by atoms with Crippen LogP contribution in [0.4, 0.5) is 5.69 Å². The van der Waals surface area contributed by atoms with Gasteiger partial charge in [-0.15, -0.1) is 0 Å². The van der Waals surface area contributed by atoms with E-state index in [9.17, 15) is 19.7 Å². The Labute approximate surface area is 128 Å². The topological polar surface area (TPSA) is 107 Å². The fraction of sp³-hybridized carbons (Fsp3) is 0.467. The Morgan fingerprint density at radius 2 is 1.86 bits per heavy atom. The first kappa shape index (κ1) is 17.6. The summed E-state index contributed by atoms with van der Waals surface area (Å²) in [6.07, 6.45) is 0.169. The van der Waals surface area contributed by atoms with Crippen molar-refractivity contribution < 1.29 is 24.4 Å². The number of hydrogen-bond donors (Lipinski definition) is 1. The number of non-ortho nitro benzene ring substituents is 1. The molecule has 1 unspecified atom stereocenters. The van der Waals surface area contributed by atoms with Crippen LogP contribution in [0.5, 0.6) is 0 Å². The molecule has 0 saturated heterocycles. The number of ether oxygens (including phenoxy) is 1. The lowest BCUT2D eigenvalue weighted by molar-refractivity contribution is -0.384. The predicted octanol–water partition coefficient (Wildman–Crippen LogP) is 2.78. The van der Waals surface area contributed by atoms with Crippen LogP contribution in [0, 0.1) is 22.0 Å². The second-order valence-electron chi connectivity index (χ2n) is 5.46. The molecule has 1 aromatic rings. The molecule has 1 aromatic carbocycles. The van der Waals surface area contributed by atoms with E-state index in [1.54, 1.807) is 0 Å². The number of nitro benzene ring substituents is 1. The molecule has 0 bridgehead atoms. The van der Waals surface area contributed by atoms with Gasteiger partial charge in [0, 0.05) is 12.1 Å². The Bertz CT molecular complexity index is 537. The second-order valence-corrected chi connectivity index (χ2v) is 5.46. The quantitative estimate of drug-likeness (QED) is 0.449. The third kappa shape index (κ3) is 5.90. The highest BCUT2D eigenvalue weighted by Gasteiger charge is 2.24. The van der Waals surface area contributed by atoms with Gasteiger partial charge in [0.2, 0.25) is 0 Å². The molecule has 0 spiro atoms. The number of carboxylic acid groups (broad SMARTS) is 1. The zero-order chi connectivity index (χ0) is 16.7. The standard InChI is InChI=1S/C15H19NO6/c1-10(2)7-12(8-14(17)18)15(19)22-9-11-3-5-13(6-4-11)16(20)21/h3-6,10,12H,7-9H2,1-2H3,(H,17,18). The van der Waals surface area contributed by atoms with Crippen LogP contribution in [0.3, 0.4) is 0 Å². The fourth-order valence-electron chi connectivity index (χ4n) is 2.03. The maximum absolute atomic E-state index is 12.0. The van der Waals surface area contributed by atoms with Gasteiger partial charge in [-0.2, -0.15) is 0 Å². The Hall–Kier alpha value is -2.44. The number of rotatable bonds is 8. The van der Waals surface area contributed by atoms with Crippen molar-refractivity contribution in [3.63, 3.8) is 0 Å². The third-order valence-electron chi connectivity index (χ3n) is 3.04. The molecule has 0 aliphatic heterocycles. The minimum atomic E-state index is -1.04. The van der Waals surface area contributed by atoms with Gasteiger partial charge in [0.15, 0.2) is 0 Å². The fourth-order valence-corrected chi connectivity index (χ4v) is 2.03. The molecular weight excluding hydrogens is 290 g/mol. The van der Waals surface area contributed by atoms with Crippen molar-refractivity contribution in [1.29, 1.82) is 0 Å². The van der Waals surface area contributed by atoms with Gasteiger partial charge in [0.25, 0.3) is 5.69 Å². The number of benzene rings is 1. The molecule has 0 aromatic heterocycles. The van der Waals surface area contributed by atoms with E-state index >= 15 is 0 Å². The van der Waals surface area contributed by atoms with Crippen LogP contribution >= 0.6 is 0 Å². The smallest absolute Gasteiger partial charge is 0.309 e. The van der Waals surface area contributed by atoms with Crippen molar-refractivity contribution in [2.75, 3.05) is 0 Å². The molecular formula is C15H19NO6. The molecule has 120 valence electrons. The molecule has 0 fully saturated rings. The van der Waals surface area contributed by atoms with Gasteiger partial charge >= 0.3 is 11.9 Å². The average molecular weight is 309 g/mol. The van der Waals surface area contributed by atoms with E-state index in [2.05, 4.69) is 0 Å². The Balaban J connectivity index is 2.61. The molecule has 7 heteroatoms. The Kier molecular flexibility index (Phi) is 6.49. The van der Waals surface area contributed by atoms with Crippen LogP contribution in [-0.4, -0.2) is 22.0 Å². The van der Waals surface area contributed by atoms with Gasteiger partial charge in [0.05, 0.1) is 17.3 Å². The minimum Gasteiger partial charge on any atom is -0.481 e. The average Bonchev–Trinajstić information content (AvgIpc) is 2.43. The molecule has 0 heterocycles. The van der Waals surface area contributed by atoms with Crippen molar-refractivity contribution in [2.45, 2.75) is 33.3 Å². The normalized spacial score (nSPS) is 12.0. The van der Waals surface area contributed by atoms with Gasteiger partial charge in [-0.05, 0) is 30.0 Å². The number of carboxylic acids is 1. The molecule has 1 N–H and O–H groups in total. The zero-order valence-electron chi connectivity index (χ0n) is 12.5. The van der Waals surface area contributed by atoms with Gasteiger partial charge < -0.3 is 9.84 Å². The van der Waals surface area contributed by atoms with E-state index in [-0.39, 0.29) is 24.6 Å². The lowest BCUT2D eigenvalue weighted by atomic mass is 9.94. The summed E-state index contributed by atoms with van der Waals surface area (Å²) in [7, 11) is 0. The predicted molar refractivity (Wildman–Crippen MR) is 78.1 cm³/mol. The monoisotopic (exact) mass is 309 g/mol. The molecule has 0 aliphatic rings. The largest absolute Gasteiger partial charge is 0.481 e. The highest BCUT2D eigenvalue weighted by molar-refractivity contribution is 5.79. The van der Waals surface area contributed by atoms with Crippen LogP contribution in [0.2, 0.25) is 0 Å². The summed E-state index contributed by atoms with van der Waals surface area (Å²) in [5, 5.41) is 19.4. The van der Waals surface area contributed by atoms with Gasteiger partial charge in [-0.3, -0.25) is 19.7 Å². The van der Waals surface area contributed by atoms with Crippen LogP contribution < -0.4 is 0 Å². The Morgan fingerprint density at radius 3 is 2.32 bits per heavy atom. The number of nitro groups is 1. The number of nitrogens with zero attached hydrogens (tertiary/aromatic N) is 1. The molecule has 0 amide bonds. The van der Waals surface area contributed by atoms with E-state index in [1.165, 1.54) is 24.3 Å². The van der Waals surface area contributed by atoms with E-state index in [1.807, 2.05) is 13.8 Å². The number of esters is 1. The zero-order valence-corrected chi connectivity index (χ0v) is 12.5. The van der Waals surface area contributed by atoms with Crippen molar-refractivity contribution in [2.24, 2.45) is 11.8 Å². The van der Waals surface area contributed by atoms with E-state index in [0.717, 1.165) is 0 Å². The van der Waals surface area contributed by atoms with Gasteiger partial charge in [-0.25, -0.2) is 0 Å². The van der Waals surface area contributed by atoms with E-state index in [4.69, 9.17) is 9.84 Å². The van der Waals surface area contributed by atoms with Crippen LogP contribution in [0.25, 0.3) is 0 Å². The van der Waals surface area contributed by atoms with Crippen LogP contribution in [0.15, 0.2) is 24.3 Å². The van der Waals surface area contributed by atoms with Gasteiger partial charge in [0.1, 0.15) is 6.61 Å². The van der Waals surface area contributed by atoms with E-state index in [0.29, 0.717) is 12.0 Å². The molecule has 0 radical (unpaired) electrons. The first-order chi connectivity index (χ1) is 10.3. The molecule has 0 aliphatic carbocycles. The van der Waals surface area contributed by atoms with Crippen molar-refractivity contribution in [3.05, 3.63) is 39.9 Å². The Morgan fingerprint density at radius 1 is 1.27 bits per heavy atom. The first-order valence-corrected chi connectivity index (χ1v) is 6.91. The molecule has 22 heavy (non-hydrogen) atoms. The summed E-state index contributed by atoms with van der Waals surface area (Å²) in [5.41, 5.74) is 0.566. The minimum absolute atomic E-state index is 0.0367. The van der Waals surface area contributed by atoms with E-state index < -0.39 is 22.8 Å². The molecule has 1 atom stereocenters. The van der Waals surface area contributed by atoms with Crippen molar-refractivity contribution >= 4 is 17.6 Å². The lowest BCUT2D eigenvalue weighted by Gasteiger charge is -2.16. The number of carbonyl (C=O) groups excluding carboxylic acids is 1. The first-order valence-electron chi connectivity index (χ1n) is 6.91. The summed E-state index contributed by atoms with van der Waals surface area (Å²) in [6.45, 7) is 3.77. The number of aliphatic carboxylic acids is 1. The summed E-state index contributed by atoms with van der Waals surface area (Å²) < 4.78 is 5.12. The maximum Gasteiger partial charge on any atom is 0.309 e. The highest BCUT2D eigenvalue weighted by Crippen LogP contribution is 2.19. The van der Waals surface area contributed by atoms with Crippen LogP contribution in [-0.2, 0) is 20.9 Å². The second kappa shape index (κ2) is 8.11. The lowest BCUT2D eigenvalue weighted by Crippen LogP contribution is -2.22. The summed E-state index contributed by atoms with van der Waals surface area (Å²) in [6, 6.07) is 5.65. The third-order valence-corrected chi connectivity index (χ3v) is 3.04. The van der Waals surface area contributed by atoms with Crippen molar-refractivity contribution in [3.8, 4) is 0 Å². The summed E-state index contributed by atoms with van der Waals surface area (Å²) >= 11 is 0. The molecule has 1 rings (SSSR count). The maximum atomic E-state index is 12.0.